The van der Waals surface area contributed by atoms with Crippen LogP contribution in [0, 0.1) is 19.3 Å². The molecule has 18 heavy (non-hydrogen) atoms. The summed E-state index contributed by atoms with van der Waals surface area (Å²) in [5.74, 6) is 1.89. The fraction of sp³-hybridized carbons (Fsp3) is 0.385. The molecule has 0 saturated heterocycles. The summed E-state index contributed by atoms with van der Waals surface area (Å²) in [4.78, 5) is 23.8. The molecular formula is C13H16N2O2S. The van der Waals surface area contributed by atoms with E-state index in [0.717, 1.165) is 17.7 Å². The van der Waals surface area contributed by atoms with Gasteiger partial charge >= 0.3 is 0 Å². The van der Waals surface area contributed by atoms with Crippen LogP contribution >= 0.6 is 11.3 Å². The summed E-state index contributed by atoms with van der Waals surface area (Å²) in [5, 5.41) is 3.25. The second-order valence-corrected chi connectivity index (χ2v) is 5.18. The summed E-state index contributed by atoms with van der Waals surface area (Å²) in [6.45, 7) is 1.86. The van der Waals surface area contributed by atoms with E-state index in [4.69, 9.17) is 12.2 Å². The van der Waals surface area contributed by atoms with Crippen LogP contribution in [0.15, 0.2) is 6.07 Å². The maximum atomic E-state index is 11.7. The Morgan fingerprint density at radius 3 is 2.83 bits per heavy atom. The zero-order valence-electron chi connectivity index (χ0n) is 10.3. The molecule has 0 radical (unpaired) electrons. The Morgan fingerprint density at radius 2 is 2.22 bits per heavy atom. The molecule has 5 heteroatoms. The summed E-state index contributed by atoms with van der Waals surface area (Å²) in [6.07, 6.45) is 7.77. The number of carbonyl (C=O) groups excluding carboxylic acids is 2. The van der Waals surface area contributed by atoms with Gasteiger partial charge in [-0.15, -0.1) is 23.7 Å². The second kappa shape index (κ2) is 6.82. The van der Waals surface area contributed by atoms with Crippen LogP contribution in [-0.2, 0) is 4.79 Å². The minimum Gasteiger partial charge on any atom is -0.366 e. The number of primary amides is 1. The number of rotatable bonds is 6. The molecule has 0 unspecified atom stereocenters. The lowest BCUT2D eigenvalue weighted by molar-refractivity contribution is -0.116. The number of hydrogen-bond donors (Lipinski definition) is 2. The Hall–Kier alpha value is -1.80. The number of thiophene rings is 1. The van der Waals surface area contributed by atoms with Crippen molar-refractivity contribution >= 4 is 28.2 Å². The van der Waals surface area contributed by atoms with Gasteiger partial charge in [-0.25, -0.2) is 0 Å². The van der Waals surface area contributed by atoms with E-state index in [-0.39, 0.29) is 5.91 Å². The lowest BCUT2D eigenvalue weighted by Crippen LogP contribution is -2.16. The van der Waals surface area contributed by atoms with Gasteiger partial charge in [-0.1, -0.05) is 0 Å². The average molecular weight is 264 g/mol. The van der Waals surface area contributed by atoms with E-state index in [0.29, 0.717) is 23.4 Å². The molecule has 0 bridgehead atoms. The highest BCUT2D eigenvalue weighted by Gasteiger charge is 2.14. The fourth-order valence-corrected chi connectivity index (χ4v) is 2.42. The van der Waals surface area contributed by atoms with Crippen molar-refractivity contribution < 1.29 is 9.59 Å². The van der Waals surface area contributed by atoms with Gasteiger partial charge in [-0.05, 0) is 25.8 Å². The van der Waals surface area contributed by atoms with Gasteiger partial charge in [0.05, 0.1) is 5.56 Å². The lowest BCUT2D eigenvalue weighted by atomic mass is 10.2. The Morgan fingerprint density at radius 1 is 1.50 bits per heavy atom. The fourth-order valence-electron chi connectivity index (χ4n) is 1.49. The largest absolute Gasteiger partial charge is 0.366 e. The van der Waals surface area contributed by atoms with Crippen molar-refractivity contribution in [2.45, 2.75) is 32.6 Å². The van der Waals surface area contributed by atoms with Crippen LogP contribution in [0.2, 0.25) is 0 Å². The molecule has 0 spiro atoms. The quantitative estimate of drug-likeness (QED) is 0.611. The number of anilines is 1. The van der Waals surface area contributed by atoms with Crippen molar-refractivity contribution in [1.29, 1.82) is 0 Å². The minimum absolute atomic E-state index is 0.114. The molecule has 4 nitrogen and oxygen atoms in total. The van der Waals surface area contributed by atoms with Gasteiger partial charge < -0.3 is 11.1 Å². The number of hydrogen-bond acceptors (Lipinski definition) is 3. The van der Waals surface area contributed by atoms with Gasteiger partial charge in [-0.2, -0.15) is 0 Å². The first-order chi connectivity index (χ1) is 8.54. The maximum absolute atomic E-state index is 11.7. The molecule has 0 aromatic carbocycles. The molecule has 2 amide bonds. The van der Waals surface area contributed by atoms with Crippen LogP contribution in [-0.4, -0.2) is 11.8 Å². The van der Waals surface area contributed by atoms with E-state index >= 15 is 0 Å². The second-order valence-electron chi connectivity index (χ2n) is 3.92. The third-order valence-electron chi connectivity index (χ3n) is 2.35. The Bertz CT molecular complexity index is 486. The first kappa shape index (κ1) is 14.3. The van der Waals surface area contributed by atoms with E-state index < -0.39 is 5.91 Å². The molecule has 96 valence electrons. The predicted molar refractivity (Wildman–Crippen MR) is 73.5 cm³/mol. The molecular weight excluding hydrogens is 248 g/mol. The van der Waals surface area contributed by atoms with Gasteiger partial charge in [0.15, 0.2) is 0 Å². The number of aryl methyl sites for hydroxylation is 1. The van der Waals surface area contributed by atoms with Gasteiger partial charge in [0, 0.05) is 17.7 Å². The van der Waals surface area contributed by atoms with E-state index in [1.807, 2.05) is 6.92 Å². The summed E-state index contributed by atoms with van der Waals surface area (Å²) in [7, 11) is 0. The van der Waals surface area contributed by atoms with E-state index in [1.54, 1.807) is 6.07 Å². The molecule has 3 N–H and O–H groups in total. The third kappa shape index (κ3) is 4.22. The summed E-state index contributed by atoms with van der Waals surface area (Å²) in [5.41, 5.74) is 5.61. The van der Waals surface area contributed by atoms with Gasteiger partial charge in [0.2, 0.25) is 5.91 Å². The van der Waals surface area contributed by atoms with Crippen molar-refractivity contribution in [2.75, 3.05) is 5.32 Å². The van der Waals surface area contributed by atoms with Gasteiger partial charge in [0.25, 0.3) is 5.91 Å². The molecule has 1 aromatic rings. The van der Waals surface area contributed by atoms with E-state index in [9.17, 15) is 9.59 Å². The van der Waals surface area contributed by atoms with Crippen molar-refractivity contribution in [2.24, 2.45) is 5.73 Å². The monoisotopic (exact) mass is 264 g/mol. The molecule has 0 fully saturated rings. The Kier molecular flexibility index (Phi) is 5.40. The zero-order chi connectivity index (χ0) is 13.5. The molecule has 0 aliphatic heterocycles. The average Bonchev–Trinajstić information content (AvgIpc) is 2.66. The number of nitrogens with one attached hydrogen (secondary N) is 1. The lowest BCUT2D eigenvalue weighted by Gasteiger charge is -2.03. The third-order valence-corrected chi connectivity index (χ3v) is 3.31. The molecule has 0 aliphatic rings. The van der Waals surface area contributed by atoms with Crippen molar-refractivity contribution in [1.82, 2.24) is 0 Å². The summed E-state index contributed by atoms with van der Waals surface area (Å²) >= 11 is 1.35. The smallest absolute Gasteiger partial charge is 0.251 e. The first-order valence-corrected chi connectivity index (χ1v) is 6.49. The SMILES string of the molecule is C#CCCCCC(=O)Nc1sc(C)cc1C(N)=O. The number of nitrogens with two attached hydrogens (primary N) is 1. The predicted octanol–water partition coefficient (Wildman–Crippen LogP) is 2.29. The van der Waals surface area contributed by atoms with Gasteiger partial charge in [-0.3, -0.25) is 9.59 Å². The van der Waals surface area contributed by atoms with Crippen LogP contribution in [0.1, 0.15) is 40.9 Å². The molecule has 1 aromatic heterocycles. The van der Waals surface area contributed by atoms with Crippen molar-refractivity contribution in [3.05, 3.63) is 16.5 Å². The number of amides is 2. The molecule has 1 rings (SSSR count). The van der Waals surface area contributed by atoms with Crippen LogP contribution in [0.3, 0.4) is 0 Å². The van der Waals surface area contributed by atoms with Crippen LogP contribution in [0.4, 0.5) is 5.00 Å². The van der Waals surface area contributed by atoms with E-state index in [2.05, 4.69) is 11.2 Å². The first-order valence-electron chi connectivity index (χ1n) is 5.68. The number of terminal acetylenes is 1. The standard InChI is InChI=1S/C13H16N2O2S/c1-3-4-5-6-7-11(16)15-13-10(12(14)17)8-9(2)18-13/h1,8H,4-7H2,2H3,(H2,14,17)(H,15,16). The highest BCUT2D eigenvalue weighted by molar-refractivity contribution is 7.16. The maximum Gasteiger partial charge on any atom is 0.251 e. The molecule has 1 heterocycles. The van der Waals surface area contributed by atoms with Crippen LogP contribution < -0.4 is 11.1 Å². The topological polar surface area (TPSA) is 72.2 Å². The number of unbranched alkanes of at least 4 members (excludes halogenated alkanes) is 2. The minimum atomic E-state index is -0.526. The molecule has 0 aliphatic carbocycles. The highest BCUT2D eigenvalue weighted by atomic mass is 32.1. The molecule has 0 saturated carbocycles. The van der Waals surface area contributed by atoms with Crippen LogP contribution in [0.5, 0.6) is 0 Å². The Balaban J connectivity index is 2.54. The Labute approximate surface area is 111 Å². The molecule has 0 atom stereocenters. The van der Waals surface area contributed by atoms with Crippen molar-refractivity contribution in [3.8, 4) is 12.3 Å². The van der Waals surface area contributed by atoms with Gasteiger partial charge in [0.1, 0.15) is 5.00 Å². The van der Waals surface area contributed by atoms with E-state index in [1.165, 1.54) is 11.3 Å². The highest BCUT2D eigenvalue weighted by Crippen LogP contribution is 2.27. The van der Waals surface area contributed by atoms with Crippen molar-refractivity contribution in [3.63, 3.8) is 0 Å². The summed E-state index contributed by atoms with van der Waals surface area (Å²) < 4.78 is 0. The van der Waals surface area contributed by atoms with Crippen LogP contribution in [0.25, 0.3) is 0 Å². The zero-order valence-corrected chi connectivity index (χ0v) is 11.1. The number of carbonyl (C=O) groups is 2. The summed E-state index contributed by atoms with van der Waals surface area (Å²) in [6, 6.07) is 1.68. The normalized spacial score (nSPS) is 9.78.